The molecule has 2 aromatic rings. The molecule has 2 heterocycles. The highest BCUT2D eigenvalue weighted by atomic mass is 79.9. The number of aromatic nitrogens is 1. The van der Waals surface area contributed by atoms with Crippen LogP contribution in [0.2, 0.25) is 0 Å². The van der Waals surface area contributed by atoms with E-state index in [1.165, 1.54) is 5.56 Å². The van der Waals surface area contributed by atoms with Gasteiger partial charge < -0.3 is 26.5 Å². The maximum atomic E-state index is 5.70. The molecule has 0 aliphatic carbocycles. The lowest BCUT2D eigenvalue weighted by Crippen LogP contribution is -3.00. The highest BCUT2D eigenvalue weighted by molar-refractivity contribution is 5.15. The summed E-state index contributed by atoms with van der Waals surface area (Å²) in [6.45, 7) is 4.14. The van der Waals surface area contributed by atoms with Crippen LogP contribution in [0.15, 0.2) is 54.9 Å². The van der Waals surface area contributed by atoms with Crippen LogP contribution in [0.4, 0.5) is 0 Å². The molecule has 1 aromatic heterocycles. The number of rotatable bonds is 3. The summed E-state index contributed by atoms with van der Waals surface area (Å²) >= 11 is 0. The number of hydrogen-bond acceptors (Lipinski definition) is 2. The predicted octanol–water partition coefficient (Wildman–Crippen LogP) is -0.754. The van der Waals surface area contributed by atoms with Crippen LogP contribution in [-0.2, 0) is 21.8 Å². The fraction of sp³-hybridized carbons (Fsp3) is 0.312. The highest BCUT2D eigenvalue weighted by Gasteiger charge is 2.34. The third-order valence-corrected chi connectivity index (χ3v) is 3.43. The zero-order chi connectivity index (χ0) is 13.1. The van der Waals surface area contributed by atoms with Crippen LogP contribution in [0.5, 0.6) is 0 Å². The van der Waals surface area contributed by atoms with Gasteiger partial charge in [0.05, 0.1) is 18.8 Å². The molecule has 1 aromatic carbocycles. The number of benzene rings is 1. The molecule has 4 heteroatoms. The second kappa shape index (κ2) is 6.48. The summed E-state index contributed by atoms with van der Waals surface area (Å²) in [5.41, 5.74) is 2.34. The Morgan fingerprint density at radius 2 is 1.75 bits per heavy atom. The molecule has 0 bridgehead atoms. The Hall–Kier alpha value is -1.23. The van der Waals surface area contributed by atoms with Crippen molar-refractivity contribution in [2.24, 2.45) is 0 Å². The van der Waals surface area contributed by atoms with Gasteiger partial charge in [0.1, 0.15) is 0 Å². The number of halogens is 1. The average Bonchev–Trinajstić information content (AvgIpc) is 2.89. The van der Waals surface area contributed by atoms with E-state index in [0.717, 1.165) is 12.1 Å². The molecule has 3 rings (SSSR count). The van der Waals surface area contributed by atoms with Crippen LogP contribution in [0.3, 0.4) is 0 Å². The van der Waals surface area contributed by atoms with Crippen molar-refractivity contribution in [3.05, 3.63) is 66.0 Å². The molecule has 0 radical (unpaired) electrons. The second-order valence-electron chi connectivity index (χ2n) is 4.89. The van der Waals surface area contributed by atoms with Crippen molar-refractivity contribution in [1.82, 2.24) is 0 Å². The number of hydrogen-bond donors (Lipinski definition) is 0. The highest BCUT2D eigenvalue weighted by Crippen LogP contribution is 2.29. The maximum Gasteiger partial charge on any atom is 0.197 e. The van der Waals surface area contributed by atoms with Gasteiger partial charge in [0.15, 0.2) is 24.7 Å². The number of pyridine rings is 1. The van der Waals surface area contributed by atoms with Crippen LogP contribution in [-0.4, -0.2) is 13.2 Å². The SMILES string of the molecule is CC1(c2ccc[n+](Cc3ccccc3)c2)OCCO1.[Br-]. The summed E-state index contributed by atoms with van der Waals surface area (Å²) in [6, 6.07) is 14.5. The molecule has 1 aliphatic rings. The molecule has 0 saturated carbocycles. The van der Waals surface area contributed by atoms with E-state index in [2.05, 4.69) is 41.2 Å². The van der Waals surface area contributed by atoms with Crippen LogP contribution >= 0.6 is 0 Å². The normalized spacial score (nSPS) is 16.6. The van der Waals surface area contributed by atoms with E-state index in [4.69, 9.17) is 9.47 Å². The lowest BCUT2D eigenvalue weighted by atomic mass is 10.1. The van der Waals surface area contributed by atoms with Gasteiger partial charge in [-0.25, -0.2) is 4.57 Å². The van der Waals surface area contributed by atoms with Crippen LogP contribution < -0.4 is 21.5 Å². The van der Waals surface area contributed by atoms with Gasteiger partial charge in [-0.15, -0.1) is 0 Å². The Morgan fingerprint density at radius 1 is 1.05 bits per heavy atom. The van der Waals surface area contributed by atoms with Crippen LogP contribution in [0, 0.1) is 0 Å². The Bertz CT molecular complexity index is 553. The zero-order valence-corrected chi connectivity index (χ0v) is 13.0. The van der Waals surface area contributed by atoms with Crippen molar-refractivity contribution in [3.63, 3.8) is 0 Å². The minimum Gasteiger partial charge on any atom is -1.00 e. The van der Waals surface area contributed by atoms with Crippen molar-refractivity contribution in [3.8, 4) is 0 Å². The summed E-state index contributed by atoms with van der Waals surface area (Å²) in [5, 5.41) is 0. The molecule has 106 valence electrons. The first kappa shape index (κ1) is 15.2. The first-order valence-electron chi connectivity index (χ1n) is 6.58. The monoisotopic (exact) mass is 335 g/mol. The third-order valence-electron chi connectivity index (χ3n) is 3.43. The van der Waals surface area contributed by atoms with Gasteiger partial charge in [-0.2, -0.15) is 0 Å². The molecule has 0 atom stereocenters. The van der Waals surface area contributed by atoms with E-state index in [9.17, 15) is 0 Å². The third kappa shape index (κ3) is 3.26. The van der Waals surface area contributed by atoms with Gasteiger partial charge >= 0.3 is 0 Å². The average molecular weight is 336 g/mol. The first-order valence-corrected chi connectivity index (χ1v) is 6.58. The summed E-state index contributed by atoms with van der Waals surface area (Å²) in [7, 11) is 0. The first-order chi connectivity index (χ1) is 9.26. The summed E-state index contributed by atoms with van der Waals surface area (Å²) < 4.78 is 13.5. The maximum absolute atomic E-state index is 5.70. The van der Waals surface area contributed by atoms with Crippen molar-refractivity contribution in [2.45, 2.75) is 19.3 Å². The fourth-order valence-electron chi connectivity index (χ4n) is 2.36. The largest absolute Gasteiger partial charge is 1.00 e. The van der Waals surface area contributed by atoms with E-state index in [0.29, 0.717) is 13.2 Å². The second-order valence-corrected chi connectivity index (χ2v) is 4.89. The van der Waals surface area contributed by atoms with E-state index in [1.54, 1.807) is 0 Å². The van der Waals surface area contributed by atoms with Crippen molar-refractivity contribution < 1.29 is 31.0 Å². The summed E-state index contributed by atoms with van der Waals surface area (Å²) in [5.74, 6) is -0.598. The standard InChI is InChI=1S/C16H18NO2.BrH/c1-16(18-10-11-19-16)15-8-5-9-17(13-15)12-14-6-3-2-4-7-14;/h2-9,13H,10-12H2,1H3;1H/q+1;/p-1. The fourth-order valence-corrected chi connectivity index (χ4v) is 2.36. The molecular formula is C16H18BrNO2. The molecule has 20 heavy (non-hydrogen) atoms. The minimum atomic E-state index is -0.598. The molecule has 1 saturated heterocycles. The Morgan fingerprint density at radius 3 is 2.45 bits per heavy atom. The quantitative estimate of drug-likeness (QED) is 0.688. The summed E-state index contributed by atoms with van der Waals surface area (Å²) in [6.07, 6.45) is 4.16. The molecule has 0 unspecified atom stereocenters. The topological polar surface area (TPSA) is 22.3 Å². The summed E-state index contributed by atoms with van der Waals surface area (Å²) in [4.78, 5) is 0. The lowest BCUT2D eigenvalue weighted by molar-refractivity contribution is -0.689. The van der Waals surface area contributed by atoms with E-state index >= 15 is 0 Å². The van der Waals surface area contributed by atoms with Crippen molar-refractivity contribution in [2.75, 3.05) is 13.2 Å². The Balaban J connectivity index is 0.00000147. The van der Waals surface area contributed by atoms with E-state index < -0.39 is 5.79 Å². The minimum absolute atomic E-state index is 0. The molecule has 1 fully saturated rings. The van der Waals surface area contributed by atoms with Gasteiger partial charge in [-0.05, 0) is 13.0 Å². The molecule has 0 N–H and O–H groups in total. The van der Waals surface area contributed by atoms with Gasteiger partial charge in [0.25, 0.3) is 0 Å². The molecule has 0 spiro atoms. The van der Waals surface area contributed by atoms with E-state index in [-0.39, 0.29) is 17.0 Å². The molecular weight excluding hydrogens is 318 g/mol. The van der Waals surface area contributed by atoms with Gasteiger partial charge in [-0.1, -0.05) is 30.3 Å². The van der Waals surface area contributed by atoms with Crippen molar-refractivity contribution in [1.29, 1.82) is 0 Å². The molecule has 0 amide bonds. The smallest absolute Gasteiger partial charge is 0.197 e. The number of ether oxygens (including phenoxy) is 2. The Kier molecular flexibility index (Phi) is 4.91. The lowest BCUT2D eigenvalue weighted by Gasteiger charge is -2.21. The predicted molar refractivity (Wildman–Crippen MR) is 71.4 cm³/mol. The van der Waals surface area contributed by atoms with Crippen LogP contribution in [0.25, 0.3) is 0 Å². The van der Waals surface area contributed by atoms with Gasteiger partial charge in [0, 0.05) is 11.6 Å². The Labute approximate surface area is 129 Å². The van der Waals surface area contributed by atoms with Gasteiger partial charge in [-0.3, -0.25) is 0 Å². The van der Waals surface area contributed by atoms with Crippen molar-refractivity contribution >= 4 is 0 Å². The van der Waals surface area contributed by atoms with Crippen LogP contribution in [0.1, 0.15) is 18.1 Å². The number of nitrogens with zero attached hydrogens (tertiary/aromatic N) is 1. The molecule has 3 nitrogen and oxygen atoms in total. The molecule has 1 aliphatic heterocycles. The van der Waals surface area contributed by atoms with E-state index in [1.807, 2.05) is 25.1 Å². The zero-order valence-electron chi connectivity index (χ0n) is 11.5. The van der Waals surface area contributed by atoms with Gasteiger partial charge in [0.2, 0.25) is 0 Å².